The average Bonchev–Trinajstić information content (AvgIpc) is 2.86. The van der Waals surface area contributed by atoms with Crippen LogP contribution in [0.4, 0.5) is 0 Å². The molecule has 0 N–H and O–H groups in total. The second-order valence-corrected chi connectivity index (χ2v) is 2.91. The van der Waals surface area contributed by atoms with Crippen LogP contribution in [-0.2, 0) is 0 Å². The summed E-state index contributed by atoms with van der Waals surface area (Å²) in [4.78, 5) is 4.29. The van der Waals surface area contributed by atoms with Crippen LogP contribution < -0.4 is 0 Å². The average molecular weight is 185 g/mol. The van der Waals surface area contributed by atoms with Gasteiger partial charge in [0.05, 0.1) is 0 Å². The molecule has 0 saturated heterocycles. The molecule has 0 radical (unpaired) electrons. The molecule has 2 heterocycles. The van der Waals surface area contributed by atoms with Crippen molar-refractivity contribution in [1.82, 2.24) is 14.8 Å². The maximum absolute atomic E-state index is 5.50. The van der Waals surface area contributed by atoms with Gasteiger partial charge in [0.15, 0.2) is 5.58 Å². The molecule has 2 aromatic heterocycles. The molecular formula is C10H7N3O. The minimum atomic E-state index is 0.496. The van der Waals surface area contributed by atoms with Crippen molar-refractivity contribution in [3.05, 3.63) is 42.7 Å². The molecule has 0 unspecified atom stereocenters. The molecule has 0 spiro atoms. The quantitative estimate of drug-likeness (QED) is 0.582. The molecule has 0 aliphatic heterocycles. The lowest BCUT2D eigenvalue weighted by molar-refractivity contribution is 0.543. The molecule has 0 bridgehead atoms. The van der Waals surface area contributed by atoms with E-state index in [1.165, 1.54) is 0 Å². The number of aromatic nitrogens is 3. The largest absolute Gasteiger partial charge is 0.422 e. The van der Waals surface area contributed by atoms with Gasteiger partial charge in [-0.05, 0) is 18.2 Å². The van der Waals surface area contributed by atoms with Gasteiger partial charge < -0.3 is 4.42 Å². The van der Waals surface area contributed by atoms with Crippen LogP contribution in [0.2, 0.25) is 0 Å². The second-order valence-electron chi connectivity index (χ2n) is 2.91. The monoisotopic (exact) mass is 185 g/mol. The lowest BCUT2D eigenvalue weighted by Gasteiger charge is -1.89. The van der Waals surface area contributed by atoms with Crippen LogP contribution in [0.25, 0.3) is 17.1 Å². The Balaban J connectivity index is 2.24. The Morgan fingerprint density at radius 1 is 1.14 bits per heavy atom. The van der Waals surface area contributed by atoms with Crippen LogP contribution in [0.5, 0.6) is 0 Å². The smallest absolute Gasteiger partial charge is 0.323 e. The minimum absolute atomic E-state index is 0.496. The van der Waals surface area contributed by atoms with Gasteiger partial charge in [0.25, 0.3) is 0 Å². The molecule has 0 fully saturated rings. The van der Waals surface area contributed by atoms with Gasteiger partial charge in [0, 0.05) is 12.4 Å². The normalized spacial score (nSPS) is 10.9. The van der Waals surface area contributed by atoms with E-state index in [-0.39, 0.29) is 0 Å². The first-order valence-corrected chi connectivity index (χ1v) is 4.29. The van der Waals surface area contributed by atoms with Gasteiger partial charge >= 0.3 is 6.01 Å². The van der Waals surface area contributed by atoms with E-state index in [1.807, 2.05) is 30.3 Å². The number of nitrogens with zero attached hydrogens (tertiary/aromatic N) is 3. The first-order valence-electron chi connectivity index (χ1n) is 4.29. The molecule has 14 heavy (non-hydrogen) atoms. The van der Waals surface area contributed by atoms with Crippen molar-refractivity contribution in [2.75, 3.05) is 0 Å². The van der Waals surface area contributed by atoms with Crippen LogP contribution >= 0.6 is 0 Å². The van der Waals surface area contributed by atoms with E-state index in [0.29, 0.717) is 6.01 Å². The highest BCUT2D eigenvalue weighted by molar-refractivity contribution is 5.72. The predicted octanol–water partition coefficient (Wildman–Crippen LogP) is 2.01. The first-order chi connectivity index (χ1) is 6.93. The summed E-state index contributed by atoms with van der Waals surface area (Å²) in [5.74, 6) is 0. The van der Waals surface area contributed by atoms with E-state index in [0.717, 1.165) is 11.1 Å². The molecule has 4 heteroatoms. The van der Waals surface area contributed by atoms with Gasteiger partial charge in [-0.25, -0.2) is 0 Å². The van der Waals surface area contributed by atoms with E-state index >= 15 is 0 Å². The summed E-state index contributed by atoms with van der Waals surface area (Å²) in [6.07, 6.45) is 3.49. The Labute approximate surface area is 79.8 Å². The molecule has 0 aliphatic rings. The summed E-state index contributed by atoms with van der Waals surface area (Å²) in [6.45, 7) is 0. The standard InChI is InChI=1S/C10H7N3O/c1-2-5-9-8(4-1)12-10(14-9)13-7-3-6-11-13/h1-7H. The number of oxazole rings is 1. The molecule has 4 nitrogen and oxygen atoms in total. The van der Waals surface area contributed by atoms with Gasteiger partial charge in [0.1, 0.15) is 5.52 Å². The molecule has 0 atom stereocenters. The van der Waals surface area contributed by atoms with E-state index in [2.05, 4.69) is 10.1 Å². The molecule has 0 amide bonds. The zero-order valence-electron chi connectivity index (χ0n) is 7.29. The zero-order chi connectivity index (χ0) is 9.38. The van der Waals surface area contributed by atoms with E-state index in [1.54, 1.807) is 17.1 Å². The third kappa shape index (κ3) is 1.01. The Kier molecular flexibility index (Phi) is 1.41. The molecule has 0 saturated carbocycles. The Morgan fingerprint density at radius 3 is 2.86 bits per heavy atom. The maximum Gasteiger partial charge on any atom is 0.323 e. The lowest BCUT2D eigenvalue weighted by atomic mass is 10.3. The summed E-state index contributed by atoms with van der Waals surface area (Å²) in [5, 5.41) is 4.04. The number of hydrogen-bond donors (Lipinski definition) is 0. The van der Waals surface area contributed by atoms with Crippen molar-refractivity contribution in [1.29, 1.82) is 0 Å². The first kappa shape index (κ1) is 7.32. The van der Waals surface area contributed by atoms with Crippen molar-refractivity contribution in [2.45, 2.75) is 0 Å². The molecular weight excluding hydrogens is 178 g/mol. The fourth-order valence-corrected chi connectivity index (χ4v) is 1.34. The Morgan fingerprint density at radius 2 is 2.07 bits per heavy atom. The van der Waals surface area contributed by atoms with Crippen molar-refractivity contribution < 1.29 is 4.42 Å². The summed E-state index contributed by atoms with van der Waals surface area (Å²) in [6, 6.07) is 9.96. The van der Waals surface area contributed by atoms with E-state index in [9.17, 15) is 0 Å². The topological polar surface area (TPSA) is 43.9 Å². The van der Waals surface area contributed by atoms with Gasteiger partial charge in [-0.15, -0.1) is 0 Å². The summed E-state index contributed by atoms with van der Waals surface area (Å²) < 4.78 is 7.10. The molecule has 68 valence electrons. The predicted molar refractivity (Wildman–Crippen MR) is 51.1 cm³/mol. The number of para-hydroxylation sites is 2. The lowest BCUT2D eigenvalue weighted by Crippen LogP contribution is -1.92. The third-order valence-corrected chi connectivity index (χ3v) is 1.98. The Bertz CT molecular complexity index is 521. The van der Waals surface area contributed by atoms with Gasteiger partial charge in [-0.2, -0.15) is 14.8 Å². The van der Waals surface area contributed by atoms with Crippen molar-refractivity contribution in [3.8, 4) is 6.01 Å². The molecule has 3 aromatic rings. The van der Waals surface area contributed by atoms with Crippen LogP contribution in [0.1, 0.15) is 0 Å². The Hall–Kier alpha value is -2.10. The van der Waals surface area contributed by atoms with E-state index < -0.39 is 0 Å². The SMILES string of the molecule is c1ccc2oc(-n3cccn3)nc2c1. The van der Waals surface area contributed by atoms with Crippen molar-refractivity contribution >= 4 is 11.1 Å². The maximum atomic E-state index is 5.50. The number of rotatable bonds is 1. The molecule has 0 aliphatic carbocycles. The van der Waals surface area contributed by atoms with Crippen LogP contribution in [0.15, 0.2) is 47.1 Å². The van der Waals surface area contributed by atoms with Gasteiger partial charge in [0.2, 0.25) is 0 Å². The van der Waals surface area contributed by atoms with Gasteiger partial charge in [-0.1, -0.05) is 12.1 Å². The highest BCUT2D eigenvalue weighted by Gasteiger charge is 2.05. The van der Waals surface area contributed by atoms with Crippen molar-refractivity contribution in [2.24, 2.45) is 0 Å². The van der Waals surface area contributed by atoms with Crippen LogP contribution in [0.3, 0.4) is 0 Å². The number of hydrogen-bond acceptors (Lipinski definition) is 3. The number of fused-ring (bicyclic) bond motifs is 1. The minimum Gasteiger partial charge on any atom is -0.422 e. The highest BCUT2D eigenvalue weighted by Crippen LogP contribution is 2.16. The summed E-state index contributed by atoms with van der Waals surface area (Å²) in [5.41, 5.74) is 1.62. The fraction of sp³-hybridized carbons (Fsp3) is 0. The van der Waals surface area contributed by atoms with Crippen LogP contribution in [0, 0.1) is 0 Å². The summed E-state index contributed by atoms with van der Waals surface area (Å²) >= 11 is 0. The fourth-order valence-electron chi connectivity index (χ4n) is 1.34. The zero-order valence-corrected chi connectivity index (χ0v) is 7.29. The summed E-state index contributed by atoms with van der Waals surface area (Å²) in [7, 11) is 0. The van der Waals surface area contributed by atoms with Crippen molar-refractivity contribution in [3.63, 3.8) is 0 Å². The molecule has 3 rings (SSSR count). The highest BCUT2D eigenvalue weighted by atomic mass is 16.4. The number of benzene rings is 1. The second kappa shape index (κ2) is 2.70. The van der Waals surface area contributed by atoms with E-state index in [4.69, 9.17) is 4.42 Å². The van der Waals surface area contributed by atoms with Gasteiger partial charge in [-0.3, -0.25) is 0 Å². The van der Waals surface area contributed by atoms with Crippen LogP contribution in [-0.4, -0.2) is 14.8 Å². The molecule has 1 aromatic carbocycles. The third-order valence-electron chi connectivity index (χ3n) is 1.98.